The number of hydrogen-bond acceptors (Lipinski definition) is 1. The van der Waals surface area contributed by atoms with Gasteiger partial charge in [0.2, 0.25) is 0 Å². The Balaban J connectivity index is 3.40. The molecule has 0 aliphatic heterocycles. The molecule has 0 saturated carbocycles. The van der Waals surface area contributed by atoms with Crippen molar-refractivity contribution >= 4 is 22.2 Å². The third-order valence-corrected chi connectivity index (χ3v) is 7.89. The molecule has 0 amide bonds. The normalized spacial score (nSPS) is 12.0. The SMILES string of the molecule is [CH3][Ge]([CH3])([CH3])[S]c1c(F)c(F)c(F)c(F)c1F. The van der Waals surface area contributed by atoms with Crippen molar-refractivity contribution in [3.63, 3.8) is 0 Å². The van der Waals surface area contributed by atoms with Crippen molar-refractivity contribution in [2.45, 2.75) is 22.2 Å². The summed E-state index contributed by atoms with van der Waals surface area (Å²) in [6.07, 6.45) is 0. The molecular weight excluding hydrogens is 308 g/mol. The molecule has 0 unspecified atom stereocenters. The summed E-state index contributed by atoms with van der Waals surface area (Å²) in [5, 5.41) is 0. The second kappa shape index (κ2) is 4.56. The molecule has 0 spiro atoms. The molecule has 0 aliphatic rings. The number of hydrogen-bond donors (Lipinski definition) is 0. The van der Waals surface area contributed by atoms with Gasteiger partial charge in [0, 0.05) is 0 Å². The van der Waals surface area contributed by atoms with E-state index >= 15 is 0 Å². The van der Waals surface area contributed by atoms with Crippen LogP contribution in [0, 0.1) is 29.1 Å². The predicted molar refractivity (Wildman–Crippen MR) is 55.4 cm³/mol. The topological polar surface area (TPSA) is 0 Å². The van der Waals surface area contributed by atoms with Crippen molar-refractivity contribution in [3.05, 3.63) is 29.1 Å². The van der Waals surface area contributed by atoms with Crippen LogP contribution in [0.4, 0.5) is 22.0 Å². The summed E-state index contributed by atoms with van der Waals surface area (Å²) in [6, 6.07) is 0. The van der Waals surface area contributed by atoms with Gasteiger partial charge < -0.3 is 0 Å². The van der Waals surface area contributed by atoms with E-state index in [1.165, 1.54) is 0 Å². The van der Waals surface area contributed by atoms with E-state index in [1.54, 1.807) is 17.3 Å². The molecular formula is C9H9F5GeS. The van der Waals surface area contributed by atoms with E-state index in [1.807, 2.05) is 0 Å². The van der Waals surface area contributed by atoms with Crippen molar-refractivity contribution in [1.82, 2.24) is 0 Å². The van der Waals surface area contributed by atoms with E-state index in [4.69, 9.17) is 0 Å². The predicted octanol–water partition coefficient (Wildman–Crippen LogP) is 4.31. The maximum absolute atomic E-state index is 13.2. The van der Waals surface area contributed by atoms with Gasteiger partial charge in [0.25, 0.3) is 0 Å². The number of halogens is 5. The Morgan fingerprint density at radius 2 is 1.00 bits per heavy atom. The molecule has 16 heavy (non-hydrogen) atoms. The zero-order chi connectivity index (χ0) is 12.7. The number of benzene rings is 1. The molecule has 0 nitrogen and oxygen atoms in total. The van der Waals surface area contributed by atoms with Crippen molar-refractivity contribution in [2.24, 2.45) is 0 Å². The van der Waals surface area contributed by atoms with Gasteiger partial charge in [-0.25, -0.2) is 0 Å². The first-order chi connectivity index (χ1) is 7.15. The Kier molecular flexibility index (Phi) is 3.94. The zero-order valence-corrected chi connectivity index (χ0v) is 11.7. The van der Waals surface area contributed by atoms with Gasteiger partial charge in [0.05, 0.1) is 0 Å². The monoisotopic (exact) mass is 318 g/mol. The van der Waals surface area contributed by atoms with Crippen LogP contribution >= 0.6 is 10.1 Å². The average Bonchev–Trinajstić information content (AvgIpc) is 2.17. The summed E-state index contributed by atoms with van der Waals surface area (Å²) < 4.78 is 64.8. The zero-order valence-electron chi connectivity index (χ0n) is 8.80. The molecule has 0 aliphatic carbocycles. The fourth-order valence-corrected chi connectivity index (χ4v) is 6.93. The molecule has 1 rings (SSSR count). The number of rotatable bonds is 2. The molecule has 90 valence electrons. The molecule has 0 saturated heterocycles. The van der Waals surface area contributed by atoms with Crippen LogP contribution in [0.15, 0.2) is 4.90 Å². The van der Waals surface area contributed by atoms with Crippen LogP contribution in [0.5, 0.6) is 0 Å². The fraction of sp³-hybridized carbons (Fsp3) is 0.333. The molecule has 0 heterocycles. The van der Waals surface area contributed by atoms with Gasteiger partial charge in [0.1, 0.15) is 0 Å². The van der Waals surface area contributed by atoms with Gasteiger partial charge in [-0.1, -0.05) is 0 Å². The summed E-state index contributed by atoms with van der Waals surface area (Å²) in [5.41, 5.74) is 0. The van der Waals surface area contributed by atoms with Gasteiger partial charge >= 0.3 is 95.4 Å². The minimum absolute atomic E-state index is 0.760. The third kappa shape index (κ3) is 2.71. The van der Waals surface area contributed by atoms with E-state index in [-0.39, 0.29) is 0 Å². The van der Waals surface area contributed by atoms with E-state index in [0.717, 1.165) is 10.1 Å². The molecule has 0 fully saturated rings. The standard InChI is InChI=1S/C9H9F5GeS/c1-15(2,3)16-9-7(13)5(11)4(10)6(12)8(9)14/h1-3H3. The van der Waals surface area contributed by atoms with E-state index < -0.39 is 46.1 Å². The van der Waals surface area contributed by atoms with Gasteiger partial charge in [0.15, 0.2) is 0 Å². The van der Waals surface area contributed by atoms with E-state index in [9.17, 15) is 22.0 Å². The molecule has 0 aromatic heterocycles. The Morgan fingerprint density at radius 3 is 1.31 bits per heavy atom. The Morgan fingerprint density at radius 1 is 0.688 bits per heavy atom. The van der Waals surface area contributed by atoms with Crippen LogP contribution in [-0.4, -0.2) is 12.1 Å². The van der Waals surface area contributed by atoms with E-state index in [0.29, 0.717) is 0 Å². The molecule has 1 aromatic carbocycles. The van der Waals surface area contributed by atoms with Crippen molar-refractivity contribution in [3.8, 4) is 0 Å². The van der Waals surface area contributed by atoms with Crippen LogP contribution < -0.4 is 0 Å². The quantitative estimate of drug-likeness (QED) is 0.339. The van der Waals surface area contributed by atoms with Gasteiger partial charge in [-0.2, -0.15) is 0 Å². The molecule has 0 atom stereocenters. The average molecular weight is 317 g/mol. The second-order valence-corrected chi connectivity index (χ2v) is 21.2. The van der Waals surface area contributed by atoms with Crippen molar-refractivity contribution in [2.75, 3.05) is 0 Å². The third-order valence-electron chi connectivity index (χ3n) is 1.58. The molecule has 7 heteroatoms. The van der Waals surface area contributed by atoms with Crippen molar-refractivity contribution in [1.29, 1.82) is 0 Å². The summed E-state index contributed by atoms with van der Waals surface area (Å²) in [6.45, 7) is 0. The molecule has 0 bridgehead atoms. The summed E-state index contributed by atoms with van der Waals surface area (Å²) in [4.78, 5) is -0.760. The van der Waals surface area contributed by atoms with Gasteiger partial charge in [-0.15, -0.1) is 0 Å². The summed E-state index contributed by atoms with van der Waals surface area (Å²) in [5.74, 6) is -3.96. The van der Waals surface area contributed by atoms with E-state index in [2.05, 4.69) is 0 Å². The first kappa shape index (κ1) is 13.8. The Labute approximate surface area is 95.6 Å². The van der Waals surface area contributed by atoms with Crippen LogP contribution in [0.25, 0.3) is 0 Å². The molecule has 0 N–H and O–H groups in total. The Hall–Kier alpha value is -0.237. The van der Waals surface area contributed by atoms with Crippen LogP contribution in [-0.2, 0) is 0 Å². The second-order valence-electron chi connectivity index (χ2n) is 4.11. The van der Waals surface area contributed by atoms with Crippen LogP contribution in [0.2, 0.25) is 17.3 Å². The van der Waals surface area contributed by atoms with Crippen molar-refractivity contribution < 1.29 is 22.0 Å². The van der Waals surface area contributed by atoms with Gasteiger partial charge in [-0.05, 0) is 0 Å². The summed E-state index contributed by atoms with van der Waals surface area (Å²) >= 11 is -2.53. The Bertz CT molecular complexity index is 398. The molecule has 0 radical (unpaired) electrons. The summed E-state index contributed by atoms with van der Waals surface area (Å²) in [7, 11) is 0.782. The first-order valence-electron chi connectivity index (χ1n) is 4.35. The maximum atomic E-state index is 13.2. The first-order valence-corrected chi connectivity index (χ1v) is 14.0. The van der Waals surface area contributed by atoms with Gasteiger partial charge in [-0.3, -0.25) is 0 Å². The molecule has 1 aromatic rings. The van der Waals surface area contributed by atoms with Crippen LogP contribution in [0.1, 0.15) is 0 Å². The fourth-order valence-electron chi connectivity index (χ4n) is 0.981. The van der Waals surface area contributed by atoms with Crippen LogP contribution in [0.3, 0.4) is 0 Å². The minimum atomic E-state index is -2.53.